The lowest BCUT2D eigenvalue weighted by Gasteiger charge is -2.15. The molecule has 0 fully saturated rings. The Morgan fingerprint density at radius 3 is 2.36 bits per heavy atom. The van der Waals surface area contributed by atoms with E-state index >= 15 is 0 Å². The topological polar surface area (TPSA) is 55.8 Å². The fourth-order valence-electron chi connectivity index (χ4n) is 2.73. The Kier molecular flexibility index (Phi) is 7.64. The predicted octanol–water partition coefficient (Wildman–Crippen LogP) is 5.42. The zero-order valence-corrected chi connectivity index (χ0v) is 16.7. The Bertz CT molecular complexity index is 902. The van der Waals surface area contributed by atoms with Gasteiger partial charge in [0.15, 0.2) is 0 Å². The van der Waals surface area contributed by atoms with Crippen molar-refractivity contribution in [3.8, 4) is 11.5 Å². The van der Waals surface area contributed by atoms with Gasteiger partial charge in [0.2, 0.25) is 0 Å². The number of aromatic hydroxyl groups is 1. The van der Waals surface area contributed by atoms with E-state index in [4.69, 9.17) is 9.47 Å². The molecule has 0 aromatic heterocycles. The summed E-state index contributed by atoms with van der Waals surface area (Å²) in [5.41, 5.74) is 3.39. The van der Waals surface area contributed by atoms with E-state index in [9.17, 15) is 9.90 Å². The van der Waals surface area contributed by atoms with Crippen LogP contribution >= 0.6 is 0 Å². The maximum absolute atomic E-state index is 12.3. The zero-order chi connectivity index (χ0) is 20.5. The molecule has 2 rings (SSSR count). The van der Waals surface area contributed by atoms with Crippen LogP contribution in [0.5, 0.6) is 11.5 Å². The number of ether oxygens (including phenoxy) is 2. The summed E-state index contributed by atoms with van der Waals surface area (Å²) in [5.74, 6) is -0.185. The number of allylic oxidation sites excluding steroid dienone is 4. The number of phenolic OH excluding ortho intramolecular Hbond substituents is 1. The Hall–Kier alpha value is -3.27. The number of carbonyl (C=O) groups excluding carboxylic acids is 1. The van der Waals surface area contributed by atoms with Gasteiger partial charge >= 0.3 is 5.97 Å². The molecule has 0 amide bonds. The molecular weight excluding hydrogens is 352 g/mol. The number of phenols is 1. The van der Waals surface area contributed by atoms with Gasteiger partial charge in [0, 0.05) is 5.56 Å². The van der Waals surface area contributed by atoms with Crippen LogP contribution in [0.1, 0.15) is 40.9 Å². The summed E-state index contributed by atoms with van der Waals surface area (Å²) in [7, 11) is 2.84. The highest BCUT2D eigenvalue weighted by molar-refractivity contribution is 5.97. The molecule has 0 saturated carbocycles. The van der Waals surface area contributed by atoms with Crippen LogP contribution < -0.4 is 4.74 Å². The van der Waals surface area contributed by atoms with E-state index < -0.39 is 5.97 Å². The van der Waals surface area contributed by atoms with E-state index in [-0.39, 0.29) is 11.3 Å². The third-order valence-electron chi connectivity index (χ3n) is 4.19. The molecule has 0 heterocycles. The first-order valence-electron chi connectivity index (χ1n) is 9.02. The lowest BCUT2D eigenvalue weighted by atomic mass is 9.97. The molecule has 0 atom stereocenters. The van der Waals surface area contributed by atoms with Crippen molar-refractivity contribution in [2.75, 3.05) is 14.2 Å². The van der Waals surface area contributed by atoms with Crippen molar-refractivity contribution in [3.05, 3.63) is 82.5 Å². The molecule has 0 spiro atoms. The zero-order valence-electron chi connectivity index (χ0n) is 16.7. The average molecular weight is 378 g/mol. The Morgan fingerprint density at radius 1 is 1.07 bits per heavy atom. The van der Waals surface area contributed by atoms with Crippen molar-refractivity contribution in [1.29, 1.82) is 0 Å². The molecule has 0 aliphatic carbocycles. The quantitative estimate of drug-likeness (QED) is 0.397. The lowest BCUT2D eigenvalue weighted by molar-refractivity contribution is 0.0597. The van der Waals surface area contributed by atoms with Gasteiger partial charge in [0.25, 0.3) is 0 Å². The van der Waals surface area contributed by atoms with Crippen LogP contribution in [0.2, 0.25) is 0 Å². The van der Waals surface area contributed by atoms with Crippen LogP contribution in [0.15, 0.2) is 60.2 Å². The summed E-state index contributed by atoms with van der Waals surface area (Å²) in [6.45, 7) is 3.95. The number of methoxy groups -OCH3 is 2. The van der Waals surface area contributed by atoms with E-state index in [2.05, 4.69) is 0 Å². The SMILES string of the molecule is COC(=O)c1c(C=CC=Cc2ccccc2)cc(OC)c(CC=C(C)C)c1O. The first kappa shape index (κ1) is 21.0. The number of esters is 1. The van der Waals surface area contributed by atoms with Crippen molar-refractivity contribution in [1.82, 2.24) is 0 Å². The van der Waals surface area contributed by atoms with E-state index in [1.54, 1.807) is 19.3 Å². The third kappa shape index (κ3) is 5.36. The monoisotopic (exact) mass is 378 g/mol. The highest BCUT2D eigenvalue weighted by atomic mass is 16.5. The Morgan fingerprint density at radius 2 is 1.75 bits per heavy atom. The fraction of sp³-hybridized carbons (Fsp3) is 0.208. The van der Waals surface area contributed by atoms with Gasteiger partial charge in [-0.2, -0.15) is 0 Å². The smallest absolute Gasteiger partial charge is 0.342 e. The van der Waals surface area contributed by atoms with E-state index in [0.717, 1.165) is 11.1 Å². The summed E-state index contributed by atoms with van der Waals surface area (Å²) in [4.78, 5) is 12.3. The molecule has 28 heavy (non-hydrogen) atoms. The maximum atomic E-state index is 12.3. The van der Waals surface area contributed by atoms with Crippen molar-refractivity contribution in [2.45, 2.75) is 20.3 Å². The summed E-state index contributed by atoms with van der Waals surface area (Å²) >= 11 is 0. The van der Waals surface area contributed by atoms with Gasteiger partial charge in [0.1, 0.15) is 17.1 Å². The highest BCUT2D eigenvalue weighted by Gasteiger charge is 2.22. The first-order valence-corrected chi connectivity index (χ1v) is 9.02. The van der Waals surface area contributed by atoms with Crippen molar-refractivity contribution >= 4 is 18.1 Å². The molecule has 4 nitrogen and oxygen atoms in total. The van der Waals surface area contributed by atoms with Crippen molar-refractivity contribution < 1.29 is 19.4 Å². The van der Waals surface area contributed by atoms with Crippen LogP contribution in [-0.2, 0) is 11.2 Å². The van der Waals surface area contributed by atoms with Gasteiger partial charge in [-0.05, 0) is 37.5 Å². The second kappa shape index (κ2) is 10.2. The number of hydrogen-bond acceptors (Lipinski definition) is 4. The minimum Gasteiger partial charge on any atom is -0.507 e. The first-order chi connectivity index (χ1) is 13.5. The minimum absolute atomic E-state index is 0.115. The predicted molar refractivity (Wildman–Crippen MR) is 114 cm³/mol. The van der Waals surface area contributed by atoms with Crippen molar-refractivity contribution in [2.24, 2.45) is 0 Å². The molecule has 0 aliphatic rings. The summed E-state index contributed by atoms with van der Waals surface area (Å²) in [6.07, 6.45) is 9.81. The van der Waals surface area contributed by atoms with Crippen LogP contribution in [0.3, 0.4) is 0 Å². The maximum Gasteiger partial charge on any atom is 0.342 e. The third-order valence-corrected chi connectivity index (χ3v) is 4.19. The molecule has 146 valence electrons. The highest BCUT2D eigenvalue weighted by Crippen LogP contribution is 2.36. The Labute approximate surface area is 166 Å². The molecular formula is C24H26O4. The molecule has 0 radical (unpaired) electrons. The molecule has 0 aliphatic heterocycles. The molecule has 0 unspecified atom stereocenters. The largest absolute Gasteiger partial charge is 0.507 e. The lowest BCUT2D eigenvalue weighted by Crippen LogP contribution is -2.07. The summed E-state index contributed by atoms with van der Waals surface area (Å²) < 4.78 is 10.3. The number of rotatable bonds is 7. The molecule has 4 heteroatoms. The van der Waals surface area contributed by atoms with Crippen LogP contribution in [0.25, 0.3) is 12.2 Å². The van der Waals surface area contributed by atoms with Gasteiger partial charge in [-0.3, -0.25) is 0 Å². The van der Waals surface area contributed by atoms with E-state index in [1.165, 1.54) is 7.11 Å². The molecule has 1 N–H and O–H groups in total. The van der Waals surface area contributed by atoms with Gasteiger partial charge in [-0.1, -0.05) is 66.3 Å². The number of benzene rings is 2. The second-order valence-electron chi connectivity index (χ2n) is 6.48. The van der Waals surface area contributed by atoms with Gasteiger partial charge in [-0.15, -0.1) is 0 Å². The number of hydrogen-bond donors (Lipinski definition) is 1. The minimum atomic E-state index is -0.592. The fourth-order valence-corrected chi connectivity index (χ4v) is 2.73. The van der Waals surface area contributed by atoms with Gasteiger partial charge in [-0.25, -0.2) is 4.79 Å². The van der Waals surface area contributed by atoms with E-state index in [1.807, 2.05) is 68.5 Å². The molecule has 2 aromatic rings. The summed E-state index contributed by atoms with van der Waals surface area (Å²) in [5, 5.41) is 10.8. The standard InChI is InChI=1S/C24H26O4/c1-17(2)14-15-20-21(27-3)16-19(22(23(20)25)24(26)28-4)13-9-8-12-18-10-6-5-7-11-18/h5-14,16,25H,15H2,1-4H3. The molecule has 2 aromatic carbocycles. The number of carbonyl (C=O) groups is 1. The van der Waals surface area contributed by atoms with Gasteiger partial charge in [0.05, 0.1) is 14.2 Å². The normalized spacial score (nSPS) is 11.0. The van der Waals surface area contributed by atoms with Gasteiger partial charge < -0.3 is 14.6 Å². The summed E-state index contributed by atoms with van der Waals surface area (Å²) in [6, 6.07) is 11.6. The second-order valence-corrected chi connectivity index (χ2v) is 6.48. The Balaban J connectivity index is 2.45. The molecule has 0 bridgehead atoms. The van der Waals surface area contributed by atoms with Crippen LogP contribution in [0.4, 0.5) is 0 Å². The van der Waals surface area contributed by atoms with E-state index in [0.29, 0.717) is 23.3 Å². The van der Waals surface area contributed by atoms with Crippen molar-refractivity contribution in [3.63, 3.8) is 0 Å². The van der Waals surface area contributed by atoms with Crippen LogP contribution in [-0.4, -0.2) is 25.3 Å². The molecule has 0 saturated heterocycles. The van der Waals surface area contributed by atoms with Crippen LogP contribution in [0, 0.1) is 0 Å². The average Bonchev–Trinajstić information content (AvgIpc) is 2.70.